The molecule has 9 heteroatoms. The first-order valence-electron chi connectivity index (χ1n) is 14.1. The molecule has 3 heterocycles. The summed E-state index contributed by atoms with van der Waals surface area (Å²) in [5.41, 5.74) is 0.970. The third kappa shape index (κ3) is 8.44. The van der Waals surface area contributed by atoms with Crippen molar-refractivity contribution in [3.05, 3.63) is 72.5 Å². The minimum atomic E-state index is 0.191. The highest BCUT2D eigenvalue weighted by molar-refractivity contribution is 8.04. The van der Waals surface area contributed by atoms with Crippen molar-refractivity contribution in [1.82, 2.24) is 20.2 Å². The number of nitrogens with one attached hydrogen (secondary N) is 1. The number of hydrogen-bond donors (Lipinski definition) is 1. The van der Waals surface area contributed by atoms with Gasteiger partial charge in [-0.1, -0.05) is 62.1 Å². The van der Waals surface area contributed by atoms with Gasteiger partial charge in [0.1, 0.15) is 17.4 Å². The van der Waals surface area contributed by atoms with Crippen LogP contribution in [0.1, 0.15) is 38.8 Å². The van der Waals surface area contributed by atoms with Crippen molar-refractivity contribution in [1.29, 1.82) is 0 Å². The summed E-state index contributed by atoms with van der Waals surface area (Å²) in [5, 5.41) is 5.45. The van der Waals surface area contributed by atoms with Crippen molar-refractivity contribution in [3.63, 3.8) is 0 Å². The molecule has 216 valence electrons. The second kappa shape index (κ2) is 15.2. The van der Waals surface area contributed by atoms with Crippen molar-refractivity contribution in [3.8, 4) is 11.5 Å². The second-order valence-corrected chi connectivity index (χ2v) is 12.2. The van der Waals surface area contributed by atoms with E-state index < -0.39 is 0 Å². The molecule has 1 aliphatic heterocycles. The molecule has 0 bridgehead atoms. The van der Waals surface area contributed by atoms with Gasteiger partial charge in [-0.15, -0.1) is 0 Å². The first kappa shape index (κ1) is 30.8. The Morgan fingerprint density at radius 2 is 1.98 bits per heavy atom. The van der Waals surface area contributed by atoms with Gasteiger partial charge in [0, 0.05) is 52.0 Å². The van der Waals surface area contributed by atoms with Crippen LogP contribution >= 0.6 is 23.5 Å². The van der Waals surface area contributed by atoms with E-state index >= 15 is 0 Å². The summed E-state index contributed by atoms with van der Waals surface area (Å²) in [4.78, 5) is 24.5. The molecule has 2 aromatic heterocycles. The lowest BCUT2D eigenvalue weighted by atomic mass is 9.95. The third-order valence-corrected chi connectivity index (χ3v) is 9.23. The van der Waals surface area contributed by atoms with Crippen LogP contribution in [-0.2, 0) is 0 Å². The van der Waals surface area contributed by atoms with Crippen LogP contribution < -0.4 is 10.1 Å². The van der Waals surface area contributed by atoms with E-state index in [0.29, 0.717) is 17.5 Å². The van der Waals surface area contributed by atoms with Crippen molar-refractivity contribution in [2.24, 2.45) is 21.8 Å². The molecule has 1 N–H and O–H groups in total. The van der Waals surface area contributed by atoms with Crippen LogP contribution in [0.15, 0.2) is 91.5 Å². The topological polar surface area (TPSA) is 75.0 Å². The molecule has 1 saturated heterocycles. The standard InChI is InChI=1S/C32H40N6OS2/c1-7-22(3)30(36-31(33-5)24-15-18-38(6)19-16-24)37-32-27(39-25-12-10-9-11-13-25)20-26(21-35-32)41-28-14-17-34-23(4)29(28)40-8-2/h8-14,17,20-22,24H,2,7,15-16,18-19H2,1,3-6H3,(H,33,35,36,37). The smallest absolute Gasteiger partial charge is 0.197 e. The van der Waals surface area contributed by atoms with E-state index in [0.717, 1.165) is 70.2 Å². The number of likely N-dealkylation sites (tertiary alicyclic amines) is 1. The molecular formula is C32H40N6OS2. The van der Waals surface area contributed by atoms with Gasteiger partial charge < -0.3 is 15.0 Å². The average Bonchev–Trinajstić information content (AvgIpc) is 2.99. The molecule has 4 rings (SSSR count). The quantitative estimate of drug-likeness (QED) is 0.146. The third-order valence-electron chi connectivity index (χ3n) is 7.16. The minimum Gasteiger partial charge on any atom is -0.453 e. The molecule has 0 spiro atoms. The molecule has 0 radical (unpaired) electrons. The summed E-state index contributed by atoms with van der Waals surface area (Å²) < 4.78 is 6.38. The number of aromatic nitrogens is 2. The van der Waals surface area contributed by atoms with Gasteiger partial charge in [0.2, 0.25) is 0 Å². The Bertz CT molecular complexity index is 1370. The Balaban J connectivity index is 1.70. The number of piperidine rings is 1. The van der Waals surface area contributed by atoms with E-state index in [2.05, 4.69) is 47.7 Å². The fourth-order valence-corrected chi connectivity index (χ4v) is 6.27. The van der Waals surface area contributed by atoms with Gasteiger partial charge >= 0.3 is 0 Å². The van der Waals surface area contributed by atoms with Gasteiger partial charge in [-0.05, 0) is 69.9 Å². The lowest BCUT2D eigenvalue weighted by Crippen LogP contribution is -2.43. The predicted octanol–water partition coefficient (Wildman–Crippen LogP) is 8.00. The highest BCUT2D eigenvalue weighted by Gasteiger charge is 2.24. The molecule has 1 atom stereocenters. The first-order chi connectivity index (χ1) is 19.9. The zero-order valence-corrected chi connectivity index (χ0v) is 26.3. The fraction of sp³-hybridized carbons (Fsp3) is 0.375. The van der Waals surface area contributed by atoms with E-state index in [1.165, 1.54) is 0 Å². The zero-order chi connectivity index (χ0) is 29.2. The number of ether oxygens (including phenoxy) is 1. The maximum absolute atomic E-state index is 6.38. The van der Waals surface area contributed by atoms with Gasteiger partial charge in [-0.3, -0.25) is 9.98 Å². The van der Waals surface area contributed by atoms with Crippen LogP contribution in [-0.4, -0.2) is 53.7 Å². The Morgan fingerprint density at radius 1 is 1.22 bits per heavy atom. The SMILES string of the molecule is C=CSc1c(Sc2cnc(/N=C(/NC(=NC)C3CCN(C)CC3)C(C)CC)c(Oc3ccccc3)c2)ccnc1C. The molecule has 41 heavy (non-hydrogen) atoms. The highest BCUT2D eigenvalue weighted by Crippen LogP contribution is 2.40. The number of nitrogens with zero attached hydrogens (tertiary/aromatic N) is 5. The van der Waals surface area contributed by atoms with Crippen molar-refractivity contribution in [2.75, 3.05) is 27.2 Å². The maximum Gasteiger partial charge on any atom is 0.197 e. The number of rotatable bonds is 10. The van der Waals surface area contributed by atoms with Gasteiger partial charge in [0.05, 0.1) is 5.69 Å². The average molecular weight is 589 g/mol. The summed E-state index contributed by atoms with van der Waals surface area (Å²) in [6.45, 7) is 12.4. The molecule has 1 fully saturated rings. The number of pyridine rings is 2. The van der Waals surface area contributed by atoms with Crippen LogP contribution in [0, 0.1) is 18.8 Å². The van der Waals surface area contributed by atoms with Crippen molar-refractivity contribution < 1.29 is 4.74 Å². The Kier molecular flexibility index (Phi) is 11.4. The van der Waals surface area contributed by atoms with Gasteiger partial charge in [-0.2, -0.15) is 0 Å². The summed E-state index contributed by atoms with van der Waals surface area (Å²) in [7, 11) is 4.04. The van der Waals surface area contributed by atoms with Gasteiger partial charge in [0.15, 0.2) is 11.6 Å². The predicted molar refractivity (Wildman–Crippen MR) is 173 cm³/mol. The van der Waals surface area contributed by atoms with Crippen LogP contribution in [0.4, 0.5) is 5.82 Å². The normalized spacial score (nSPS) is 15.9. The molecule has 0 saturated carbocycles. The van der Waals surface area contributed by atoms with E-state index in [-0.39, 0.29) is 5.92 Å². The van der Waals surface area contributed by atoms with Gasteiger partial charge in [-0.25, -0.2) is 9.98 Å². The monoisotopic (exact) mass is 588 g/mol. The van der Waals surface area contributed by atoms with E-state index in [1.54, 1.807) is 23.5 Å². The molecule has 0 amide bonds. The molecule has 1 aromatic carbocycles. The van der Waals surface area contributed by atoms with Crippen molar-refractivity contribution in [2.45, 2.75) is 54.7 Å². The number of benzene rings is 1. The maximum atomic E-state index is 6.38. The van der Waals surface area contributed by atoms with Crippen LogP contribution in [0.5, 0.6) is 11.5 Å². The highest BCUT2D eigenvalue weighted by atomic mass is 32.2. The Morgan fingerprint density at radius 3 is 2.66 bits per heavy atom. The van der Waals surface area contributed by atoms with E-state index in [4.69, 9.17) is 14.7 Å². The molecule has 0 aliphatic carbocycles. The fourth-order valence-electron chi connectivity index (χ4n) is 4.54. The Labute approximate surface area is 253 Å². The van der Waals surface area contributed by atoms with E-state index in [1.807, 2.05) is 74.2 Å². The van der Waals surface area contributed by atoms with Crippen LogP contribution in [0.3, 0.4) is 0 Å². The van der Waals surface area contributed by atoms with Crippen molar-refractivity contribution >= 4 is 41.0 Å². The van der Waals surface area contributed by atoms with Crippen LogP contribution in [0.2, 0.25) is 0 Å². The molecule has 1 unspecified atom stereocenters. The lowest BCUT2D eigenvalue weighted by Gasteiger charge is -2.30. The number of amidine groups is 2. The molecule has 1 aliphatic rings. The van der Waals surface area contributed by atoms with Crippen LogP contribution in [0.25, 0.3) is 0 Å². The number of aliphatic imine (C=N–C) groups is 2. The largest absolute Gasteiger partial charge is 0.453 e. The summed E-state index contributed by atoms with van der Waals surface area (Å²) >= 11 is 3.20. The zero-order valence-electron chi connectivity index (χ0n) is 24.6. The number of hydrogen-bond acceptors (Lipinski definition) is 8. The second-order valence-electron chi connectivity index (χ2n) is 10.1. The van der Waals surface area contributed by atoms with E-state index in [9.17, 15) is 0 Å². The summed E-state index contributed by atoms with van der Waals surface area (Å²) in [6.07, 6.45) is 6.79. The molecular weight excluding hydrogens is 549 g/mol. The number of aryl methyl sites for hydroxylation is 1. The summed E-state index contributed by atoms with van der Waals surface area (Å²) in [6, 6.07) is 13.8. The summed E-state index contributed by atoms with van der Waals surface area (Å²) in [5.74, 6) is 4.30. The van der Waals surface area contributed by atoms with Gasteiger partial charge in [0.25, 0.3) is 0 Å². The number of para-hydroxylation sites is 1. The minimum absolute atomic E-state index is 0.191. The molecule has 7 nitrogen and oxygen atoms in total. The lowest BCUT2D eigenvalue weighted by molar-refractivity contribution is 0.250. The Hall–Kier alpha value is -3.14. The number of thioether (sulfide) groups is 1. The first-order valence-corrected chi connectivity index (χ1v) is 15.8. The molecule has 3 aromatic rings.